The highest BCUT2D eigenvalue weighted by Crippen LogP contribution is 2.30. The van der Waals surface area contributed by atoms with Gasteiger partial charge in [0.15, 0.2) is 5.76 Å². The van der Waals surface area contributed by atoms with E-state index >= 15 is 0 Å². The van der Waals surface area contributed by atoms with E-state index in [4.69, 9.17) is 32.0 Å². The van der Waals surface area contributed by atoms with E-state index in [1.165, 1.54) is 6.26 Å². The molecule has 1 aromatic carbocycles. The van der Waals surface area contributed by atoms with Crippen LogP contribution in [0.1, 0.15) is 0 Å². The van der Waals surface area contributed by atoms with Gasteiger partial charge in [-0.05, 0) is 24.3 Å². The third-order valence-corrected chi connectivity index (χ3v) is 4.14. The molecule has 0 atom stereocenters. The van der Waals surface area contributed by atoms with Crippen LogP contribution in [0.5, 0.6) is 0 Å². The number of carbonyl (C=O) groups excluding carboxylic acids is 1. The predicted octanol–water partition coefficient (Wildman–Crippen LogP) is 4.37. The normalized spacial score (nSPS) is 10.7. The summed E-state index contributed by atoms with van der Waals surface area (Å²) in [5.41, 5.74) is 0.378. The summed E-state index contributed by atoms with van der Waals surface area (Å²) in [6.45, 7) is 0. The van der Waals surface area contributed by atoms with Crippen LogP contribution in [0.15, 0.2) is 50.7 Å². The van der Waals surface area contributed by atoms with Gasteiger partial charge in [0.25, 0.3) is 11.1 Å². The number of benzene rings is 1. The second-order valence-corrected chi connectivity index (χ2v) is 6.02. The van der Waals surface area contributed by atoms with Crippen molar-refractivity contribution in [2.75, 3.05) is 11.1 Å². The molecule has 0 spiro atoms. The minimum Gasteiger partial charge on any atom is -0.459 e. The van der Waals surface area contributed by atoms with Crippen molar-refractivity contribution in [3.8, 4) is 11.7 Å². The summed E-state index contributed by atoms with van der Waals surface area (Å²) in [4.78, 5) is 12.0. The molecule has 0 aliphatic rings. The third-order valence-electron chi connectivity index (χ3n) is 2.69. The number of para-hydroxylation sites is 1. The van der Waals surface area contributed by atoms with E-state index in [-0.39, 0.29) is 22.8 Å². The Kier molecular flexibility index (Phi) is 4.90. The Labute approximate surface area is 145 Å². The first-order chi connectivity index (χ1) is 11.1. The molecular weight excluding hydrogens is 361 g/mol. The lowest BCUT2D eigenvalue weighted by Crippen LogP contribution is -2.14. The molecule has 0 saturated carbocycles. The van der Waals surface area contributed by atoms with Crippen LogP contribution in [0.2, 0.25) is 10.0 Å². The van der Waals surface area contributed by atoms with Crippen molar-refractivity contribution < 1.29 is 13.6 Å². The van der Waals surface area contributed by atoms with Crippen molar-refractivity contribution in [3.63, 3.8) is 0 Å². The number of hydrogen-bond donors (Lipinski definition) is 1. The molecule has 0 saturated heterocycles. The van der Waals surface area contributed by atoms with Gasteiger partial charge in [0.05, 0.1) is 27.7 Å². The van der Waals surface area contributed by atoms with Gasteiger partial charge in [0.2, 0.25) is 5.91 Å². The Morgan fingerprint density at radius 3 is 2.65 bits per heavy atom. The van der Waals surface area contributed by atoms with Crippen LogP contribution in [0.4, 0.5) is 5.69 Å². The van der Waals surface area contributed by atoms with E-state index in [1.807, 2.05) is 0 Å². The van der Waals surface area contributed by atoms with Gasteiger partial charge in [-0.1, -0.05) is 41.0 Å². The summed E-state index contributed by atoms with van der Waals surface area (Å²) in [6.07, 6.45) is 1.51. The molecule has 0 fully saturated rings. The van der Waals surface area contributed by atoms with Crippen molar-refractivity contribution in [2.24, 2.45) is 0 Å². The van der Waals surface area contributed by atoms with E-state index in [2.05, 4.69) is 15.5 Å². The smallest absolute Gasteiger partial charge is 0.284 e. The van der Waals surface area contributed by atoms with E-state index < -0.39 is 0 Å². The van der Waals surface area contributed by atoms with Gasteiger partial charge >= 0.3 is 0 Å². The first kappa shape index (κ1) is 15.9. The Morgan fingerprint density at radius 1 is 1.17 bits per heavy atom. The zero-order valence-electron chi connectivity index (χ0n) is 11.5. The molecule has 2 aromatic heterocycles. The molecule has 23 heavy (non-hydrogen) atoms. The third kappa shape index (κ3) is 3.87. The lowest BCUT2D eigenvalue weighted by atomic mass is 10.3. The molecule has 0 bridgehead atoms. The number of halogens is 2. The number of amides is 1. The molecule has 0 aliphatic carbocycles. The number of rotatable bonds is 5. The largest absolute Gasteiger partial charge is 0.459 e. The Morgan fingerprint density at radius 2 is 1.96 bits per heavy atom. The molecule has 0 unspecified atom stereocenters. The monoisotopic (exact) mass is 369 g/mol. The number of aromatic nitrogens is 2. The van der Waals surface area contributed by atoms with E-state index in [0.29, 0.717) is 21.5 Å². The maximum Gasteiger partial charge on any atom is 0.284 e. The second-order valence-electron chi connectivity index (χ2n) is 4.28. The average Bonchev–Trinajstić information content (AvgIpc) is 3.19. The van der Waals surface area contributed by atoms with Crippen molar-refractivity contribution in [2.45, 2.75) is 5.22 Å². The number of carbonyl (C=O) groups is 1. The lowest BCUT2D eigenvalue weighted by Gasteiger charge is -2.07. The van der Waals surface area contributed by atoms with Crippen molar-refractivity contribution >= 4 is 46.6 Å². The maximum absolute atomic E-state index is 12.0. The van der Waals surface area contributed by atoms with Crippen LogP contribution in [-0.2, 0) is 4.79 Å². The molecule has 1 amide bonds. The molecule has 0 aliphatic heterocycles. The fourth-order valence-corrected chi connectivity index (χ4v) is 2.74. The zero-order chi connectivity index (χ0) is 16.2. The van der Waals surface area contributed by atoms with Gasteiger partial charge in [-0.15, -0.1) is 10.2 Å². The molecule has 0 radical (unpaired) electrons. The topological polar surface area (TPSA) is 81.2 Å². The molecule has 3 rings (SSSR count). The van der Waals surface area contributed by atoms with Crippen molar-refractivity contribution in [3.05, 3.63) is 46.6 Å². The highest BCUT2D eigenvalue weighted by atomic mass is 35.5. The SMILES string of the molecule is O=C(CSc1nnc(-c2ccco2)o1)Nc1c(Cl)cccc1Cl. The van der Waals surface area contributed by atoms with Crippen LogP contribution >= 0.6 is 35.0 Å². The van der Waals surface area contributed by atoms with Gasteiger partial charge in [-0.25, -0.2) is 0 Å². The molecule has 1 N–H and O–H groups in total. The van der Waals surface area contributed by atoms with Crippen molar-refractivity contribution in [1.82, 2.24) is 10.2 Å². The Bertz CT molecular complexity index is 800. The average molecular weight is 370 g/mol. The number of furan rings is 1. The molecule has 3 aromatic rings. The first-order valence-corrected chi connectivity index (χ1v) is 8.11. The van der Waals surface area contributed by atoms with Crippen LogP contribution in [0, 0.1) is 0 Å². The fourth-order valence-electron chi connectivity index (χ4n) is 1.69. The van der Waals surface area contributed by atoms with Gasteiger partial charge in [0.1, 0.15) is 0 Å². The Balaban J connectivity index is 1.59. The molecule has 2 heterocycles. The van der Waals surface area contributed by atoms with Crippen LogP contribution in [0.3, 0.4) is 0 Å². The fraction of sp³-hybridized carbons (Fsp3) is 0.0714. The predicted molar refractivity (Wildman–Crippen MR) is 87.8 cm³/mol. The second kappa shape index (κ2) is 7.08. The van der Waals surface area contributed by atoms with E-state index in [1.54, 1.807) is 30.3 Å². The summed E-state index contributed by atoms with van der Waals surface area (Å²) in [6, 6.07) is 8.40. The van der Waals surface area contributed by atoms with Crippen LogP contribution < -0.4 is 5.32 Å². The number of anilines is 1. The van der Waals surface area contributed by atoms with Gasteiger partial charge in [0, 0.05) is 0 Å². The van der Waals surface area contributed by atoms with E-state index in [9.17, 15) is 4.79 Å². The number of thioether (sulfide) groups is 1. The lowest BCUT2D eigenvalue weighted by molar-refractivity contribution is -0.113. The highest BCUT2D eigenvalue weighted by Gasteiger charge is 2.14. The quantitative estimate of drug-likeness (QED) is 0.672. The summed E-state index contributed by atoms with van der Waals surface area (Å²) in [7, 11) is 0. The summed E-state index contributed by atoms with van der Waals surface area (Å²) in [5.74, 6) is 0.507. The highest BCUT2D eigenvalue weighted by molar-refractivity contribution is 7.99. The summed E-state index contributed by atoms with van der Waals surface area (Å²) in [5, 5.41) is 11.3. The van der Waals surface area contributed by atoms with Gasteiger partial charge in [-0.3, -0.25) is 4.79 Å². The van der Waals surface area contributed by atoms with Gasteiger partial charge in [-0.2, -0.15) is 0 Å². The molecular formula is C14H9Cl2N3O3S. The number of nitrogens with zero attached hydrogens (tertiary/aromatic N) is 2. The Hall–Kier alpha value is -1.96. The standard InChI is InChI=1S/C14H9Cl2N3O3S/c15-8-3-1-4-9(16)12(8)17-11(20)7-23-14-19-18-13(22-14)10-5-2-6-21-10/h1-6H,7H2,(H,17,20). The summed E-state index contributed by atoms with van der Waals surface area (Å²) >= 11 is 13.1. The van der Waals surface area contributed by atoms with Crippen LogP contribution in [0.25, 0.3) is 11.7 Å². The zero-order valence-corrected chi connectivity index (χ0v) is 13.8. The summed E-state index contributed by atoms with van der Waals surface area (Å²) < 4.78 is 10.5. The molecule has 6 nitrogen and oxygen atoms in total. The minimum absolute atomic E-state index is 0.0708. The number of hydrogen-bond acceptors (Lipinski definition) is 6. The molecule has 118 valence electrons. The van der Waals surface area contributed by atoms with Crippen molar-refractivity contribution in [1.29, 1.82) is 0 Å². The van der Waals surface area contributed by atoms with Crippen LogP contribution in [-0.4, -0.2) is 21.9 Å². The first-order valence-electron chi connectivity index (χ1n) is 6.37. The maximum atomic E-state index is 12.0. The molecule has 9 heteroatoms. The van der Waals surface area contributed by atoms with E-state index in [0.717, 1.165) is 11.8 Å². The van der Waals surface area contributed by atoms with Gasteiger partial charge < -0.3 is 14.2 Å². The number of nitrogens with one attached hydrogen (secondary N) is 1. The minimum atomic E-state index is -0.289.